The van der Waals surface area contributed by atoms with Gasteiger partial charge in [-0.25, -0.2) is 0 Å². The molecule has 1 aromatic heterocycles. The minimum Gasteiger partial charge on any atom is -0.507 e. The second-order valence-electron chi connectivity index (χ2n) is 9.34. The lowest BCUT2D eigenvalue weighted by atomic mass is 9.95. The number of hydrogen-bond donors (Lipinski definition) is 1. The second-order valence-corrected chi connectivity index (χ2v) is 10.5. The number of rotatable bonds is 13. The molecule has 1 unspecified atom stereocenters. The standard InChI is InChI=1S/C30H35N3O6S/c1-5-8-9-17-39-23-15-12-21(18-24(23)37-7-3)26-25(27(34)20-10-13-22(14-11-20)38-16-6-2)28(35)29(36)33(26)30-32-31-19(4)40-30/h10-15,18,26,34H,5-9,16-17H2,1-4H3/b27-25+. The van der Waals surface area contributed by atoms with E-state index in [0.29, 0.717) is 53.2 Å². The van der Waals surface area contributed by atoms with E-state index >= 15 is 0 Å². The molecule has 10 heteroatoms. The van der Waals surface area contributed by atoms with Crippen molar-refractivity contribution < 1.29 is 28.9 Å². The Morgan fingerprint density at radius 3 is 2.35 bits per heavy atom. The maximum Gasteiger partial charge on any atom is 0.301 e. The molecule has 1 N–H and O–H groups in total. The van der Waals surface area contributed by atoms with Crippen molar-refractivity contribution in [3.05, 3.63) is 64.2 Å². The highest BCUT2D eigenvalue weighted by molar-refractivity contribution is 7.15. The van der Waals surface area contributed by atoms with Crippen molar-refractivity contribution in [2.75, 3.05) is 24.7 Å². The zero-order chi connectivity index (χ0) is 28.6. The topological polar surface area (TPSA) is 111 Å². The number of aryl methyl sites for hydroxylation is 1. The third kappa shape index (κ3) is 6.28. The van der Waals surface area contributed by atoms with Crippen molar-refractivity contribution in [2.24, 2.45) is 0 Å². The van der Waals surface area contributed by atoms with Gasteiger partial charge >= 0.3 is 5.91 Å². The number of carbonyl (C=O) groups excluding carboxylic acids is 2. The molecular formula is C30H35N3O6S. The number of benzene rings is 2. The lowest BCUT2D eigenvalue weighted by Gasteiger charge is -2.23. The summed E-state index contributed by atoms with van der Waals surface area (Å²) in [6, 6.07) is 11.1. The Bertz CT molecular complexity index is 1370. The number of aliphatic hydroxyl groups excluding tert-OH is 1. The molecule has 1 atom stereocenters. The number of unbranched alkanes of at least 4 members (excludes halogenated alkanes) is 2. The average Bonchev–Trinajstić information content (AvgIpc) is 3.50. The summed E-state index contributed by atoms with van der Waals surface area (Å²) in [5.74, 6) is -0.161. The van der Waals surface area contributed by atoms with E-state index in [9.17, 15) is 14.7 Å². The first-order chi connectivity index (χ1) is 19.4. The van der Waals surface area contributed by atoms with Gasteiger partial charge in [0.15, 0.2) is 11.5 Å². The van der Waals surface area contributed by atoms with E-state index in [1.54, 1.807) is 49.4 Å². The van der Waals surface area contributed by atoms with Crippen LogP contribution >= 0.6 is 11.3 Å². The first-order valence-electron chi connectivity index (χ1n) is 13.6. The van der Waals surface area contributed by atoms with E-state index in [1.807, 2.05) is 13.8 Å². The van der Waals surface area contributed by atoms with Gasteiger partial charge < -0.3 is 19.3 Å². The molecule has 0 bridgehead atoms. The third-order valence-electron chi connectivity index (χ3n) is 6.36. The molecule has 2 aromatic carbocycles. The fourth-order valence-electron chi connectivity index (χ4n) is 4.43. The van der Waals surface area contributed by atoms with Gasteiger partial charge in [-0.05, 0) is 68.7 Å². The predicted molar refractivity (Wildman–Crippen MR) is 154 cm³/mol. The molecule has 0 spiro atoms. The Labute approximate surface area is 238 Å². The van der Waals surface area contributed by atoms with E-state index in [0.717, 1.165) is 25.7 Å². The van der Waals surface area contributed by atoms with E-state index in [4.69, 9.17) is 14.2 Å². The number of aliphatic hydroxyl groups is 1. The normalized spacial score (nSPS) is 16.4. The highest BCUT2D eigenvalue weighted by atomic mass is 32.1. The van der Waals surface area contributed by atoms with Crippen LogP contribution in [0.25, 0.3) is 5.76 Å². The third-order valence-corrected chi connectivity index (χ3v) is 7.19. The number of hydrogen-bond acceptors (Lipinski definition) is 9. The molecule has 3 aromatic rings. The van der Waals surface area contributed by atoms with Gasteiger partial charge in [0.05, 0.1) is 31.4 Å². The van der Waals surface area contributed by atoms with Gasteiger partial charge in [-0.3, -0.25) is 14.5 Å². The van der Waals surface area contributed by atoms with E-state index in [2.05, 4.69) is 17.1 Å². The maximum atomic E-state index is 13.4. The van der Waals surface area contributed by atoms with Crippen LogP contribution in [0.2, 0.25) is 0 Å². The van der Waals surface area contributed by atoms with Crippen LogP contribution in [0.5, 0.6) is 17.2 Å². The van der Waals surface area contributed by atoms with Gasteiger partial charge in [0, 0.05) is 5.56 Å². The van der Waals surface area contributed by atoms with Gasteiger partial charge in [0.1, 0.15) is 16.5 Å². The molecule has 1 amide bonds. The van der Waals surface area contributed by atoms with Gasteiger partial charge in [-0.2, -0.15) is 0 Å². The monoisotopic (exact) mass is 565 g/mol. The highest BCUT2D eigenvalue weighted by Crippen LogP contribution is 2.45. The molecule has 1 fully saturated rings. The predicted octanol–water partition coefficient (Wildman–Crippen LogP) is 6.23. The molecule has 4 rings (SSSR count). The molecule has 9 nitrogen and oxygen atoms in total. The summed E-state index contributed by atoms with van der Waals surface area (Å²) < 4.78 is 17.5. The molecule has 40 heavy (non-hydrogen) atoms. The lowest BCUT2D eigenvalue weighted by Crippen LogP contribution is -2.29. The quantitative estimate of drug-likeness (QED) is 0.112. The number of Topliss-reactive ketones (excluding diaryl/α,β-unsaturated/α-hetero) is 1. The van der Waals surface area contributed by atoms with Crippen LogP contribution < -0.4 is 19.1 Å². The highest BCUT2D eigenvalue weighted by Gasteiger charge is 2.48. The van der Waals surface area contributed by atoms with E-state index in [-0.39, 0.29) is 16.5 Å². The van der Waals surface area contributed by atoms with Crippen molar-refractivity contribution in [2.45, 2.75) is 59.4 Å². The summed E-state index contributed by atoms with van der Waals surface area (Å²) >= 11 is 1.20. The van der Waals surface area contributed by atoms with Crippen molar-refractivity contribution in [3.8, 4) is 17.2 Å². The SMILES string of the molecule is CCCCCOc1ccc(C2/C(=C(\O)c3ccc(OCCC)cc3)C(=O)C(=O)N2c2nnc(C)s2)cc1OCC. The van der Waals surface area contributed by atoms with Gasteiger partial charge in [0.2, 0.25) is 5.13 Å². The summed E-state index contributed by atoms with van der Waals surface area (Å²) in [5.41, 5.74) is 0.918. The zero-order valence-electron chi connectivity index (χ0n) is 23.3. The summed E-state index contributed by atoms with van der Waals surface area (Å²) in [5, 5.41) is 20.5. The van der Waals surface area contributed by atoms with Gasteiger partial charge in [-0.1, -0.05) is 44.1 Å². The maximum absolute atomic E-state index is 13.4. The van der Waals surface area contributed by atoms with Gasteiger partial charge in [0.25, 0.3) is 5.78 Å². The van der Waals surface area contributed by atoms with Crippen LogP contribution in [0, 0.1) is 6.92 Å². The fraction of sp³-hybridized carbons (Fsp3) is 0.400. The Kier molecular flexibility index (Phi) is 9.76. The fourth-order valence-corrected chi connectivity index (χ4v) is 5.14. The molecule has 1 aliphatic heterocycles. The van der Waals surface area contributed by atoms with Crippen molar-refractivity contribution in [3.63, 3.8) is 0 Å². The number of nitrogens with zero attached hydrogens (tertiary/aromatic N) is 3. The van der Waals surface area contributed by atoms with Crippen LogP contribution in [0.4, 0.5) is 5.13 Å². The lowest BCUT2D eigenvalue weighted by molar-refractivity contribution is -0.132. The van der Waals surface area contributed by atoms with E-state index in [1.165, 1.54) is 16.2 Å². The molecule has 2 heterocycles. The second kappa shape index (κ2) is 13.4. The number of amides is 1. The largest absolute Gasteiger partial charge is 0.507 e. The Morgan fingerprint density at radius 2 is 1.70 bits per heavy atom. The summed E-state index contributed by atoms with van der Waals surface area (Å²) in [6.07, 6.45) is 3.92. The Morgan fingerprint density at radius 1 is 0.925 bits per heavy atom. The minimum atomic E-state index is -0.947. The molecule has 0 saturated carbocycles. The van der Waals surface area contributed by atoms with Crippen LogP contribution in [-0.2, 0) is 9.59 Å². The number of anilines is 1. The van der Waals surface area contributed by atoms with Crippen molar-refractivity contribution in [1.82, 2.24) is 10.2 Å². The van der Waals surface area contributed by atoms with Crippen molar-refractivity contribution >= 4 is 33.9 Å². The summed E-state index contributed by atoms with van der Waals surface area (Å²) in [4.78, 5) is 28.1. The van der Waals surface area contributed by atoms with Gasteiger partial charge in [-0.15, -0.1) is 10.2 Å². The van der Waals surface area contributed by atoms with Crippen LogP contribution in [-0.4, -0.2) is 46.8 Å². The molecule has 212 valence electrons. The minimum absolute atomic E-state index is 0.0425. The molecule has 1 aliphatic rings. The zero-order valence-corrected chi connectivity index (χ0v) is 24.1. The molecular weight excluding hydrogens is 530 g/mol. The molecule has 0 aliphatic carbocycles. The first-order valence-corrected chi connectivity index (χ1v) is 14.4. The number of aromatic nitrogens is 2. The van der Waals surface area contributed by atoms with Crippen molar-refractivity contribution in [1.29, 1.82) is 0 Å². The number of carbonyl (C=O) groups is 2. The Balaban J connectivity index is 1.80. The number of ketones is 1. The van der Waals surface area contributed by atoms with Crippen LogP contribution in [0.15, 0.2) is 48.0 Å². The van der Waals surface area contributed by atoms with Crippen LogP contribution in [0.3, 0.4) is 0 Å². The van der Waals surface area contributed by atoms with Crippen LogP contribution in [0.1, 0.15) is 68.6 Å². The summed E-state index contributed by atoms with van der Waals surface area (Å²) in [6.45, 7) is 9.30. The smallest absolute Gasteiger partial charge is 0.301 e. The number of ether oxygens (including phenoxy) is 3. The Hall–Kier alpha value is -3.92. The summed E-state index contributed by atoms with van der Waals surface area (Å²) in [7, 11) is 0. The molecule has 0 radical (unpaired) electrons. The first kappa shape index (κ1) is 29.1. The van der Waals surface area contributed by atoms with E-state index < -0.39 is 17.7 Å². The molecule has 1 saturated heterocycles. The average molecular weight is 566 g/mol.